The Labute approximate surface area is 278 Å². The molecule has 5 aromatic rings. The van der Waals surface area contributed by atoms with Gasteiger partial charge in [0.05, 0.1) is 42.0 Å². The van der Waals surface area contributed by atoms with E-state index in [-0.39, 0.29) is 24.6 Å². The molecule has 2 aliphatic heterocycles. The van der Waals surface area contributed by atoms with Crippen molar-refractivity contribution in [1.82, 2.24) is 24.0 Å². The van der Waals surface area contributed by atoms with Gasteiger partial charge in [-0.15, -0.1) is 0 Å². The van der Waals surface area contributed by atoms with Crippen molar-refractivity contribution in [2.45, 2.75) is 44.4 Å². The fourth-order valence-electron chi connectivity index (χ4n) is 7.19. The van der Waals surface area contributed by atoms with Gasteiger partial charge in [-0.2, -0.15) is 0 Å². The quantitative estimate of drug-likeness (QED) is 0.265. The van der Waals surface area contributed by atoms with Crippen LogP contribution in [0.25, 0.3) is 44.8 Å². The Morgan fingerprint density at radius 2 is 1.85 bits per heavy atom. The summed E-state index contributed by atoms with van der Waals surface area (Å²) in [6.45, 7) is 1.61. The number of aromatic nitrogens is 4. The van der Waals surface area contributed by atoms with Crippen molar-refractivity contribution in [3.63, 3.8) is 0 Å². The van der Waals surface area contributed by atoms with E-state index in [1.54, 1.807) is 19.2 Å². The van der Waals surface area contributed by atoms with Crippen molar-refractivity contribution in [2.24, 2.45) is 18.7 Å². The third-order valence-electron chi connectivity index (χ3n) is 9.78. The lowest BCUT2D eigenvalue weighted by molar-refractivity contribution is 0.0606. The molecule has 0 bridgehead atoms. The highest BCUT2D eigenvalue weighted by molar-refractivity contribution is 7.93. The van der Waals surface area contributed by atoms with Crippen molar-refractivity contribution in [3.05, 3.63) is 60.2 Å². The highest BCUT2D eigenvalue weighted by Crippen LogP contribution is 2.38. The predicted octanol–water partition coefficient (Wildman–Crippen LogP) is 4.73. The first-order valence-corrected chi connectivity index (χ1v) is 18.1. The maximum Gasteiger partial charge on any atom is 0.254 e. The van der Waals surface area contributed by atoms with Gasteiger partial charge < -0.3 is 24.5 Å². The number of anilines is 1. The van der Waals surface area contributed by atoms with E-state index in [0.717, 1.165) is 52.9 Å². The third kappa shape index (κ3) is 5.38. The van der Waals surface area contributed by atoms with Crippen molar-refractivity contribution in [1.29, 1.82) is 0 Å². The number of imidazole rings is 1. The lowest BCUT2D eigenvalue weighted by Crippen LogP contribution is -2.50. The summed E-state index contributed by atoms with van der Waals surface area (Å²) in [6.07, 6.45) is 2.04. The molecule has 2 saturated heterocycles. The smallest absolute Gasteiger partial charge is 0.254 e. The fraction of sp³-hybridized carbons (Fsp3) is 0.400. The van der Waals surface area contributed by atoms with Crippen LogP contribution in [0.1, 0.15) is 36.0 Å². The Hall–Kier alpha value is -4.49. The van der Waals surface area contributed by atoms with Gasteiger partial charge >= 0.3 is 0 Å². The number of carbonyl (C=O) groups is 1. The van der Waals surface area contributed by atoms with Crippen LogP contribution in [-0.4, -0.2) is 83.0 Å². The van der Waals surface area contributed by atoms with Gasteiger partial charge in [0.25, 0.3) is 5.91 Å². The number of hydrogen-bond acceptors (Lipinski definition) is 7. The van der Waals surface area contributed by atoms with Crippen molar-refractivity contribution >= 4 is 43.7 Å². The van der Waals surface area contributed by atoms with Gasteiger partial charge in [0.2, 0.25) is 10.0 Å². The number of piperidine rings is 1. The number of halogens is 1. The van der Waals surface area contributed by atoms with Crippen molar-refractivity contribution < 1.29 is 22.3 Å². The van der Waals surface area contributed by atoms with Crippen LogP contribution in [0.15, 0.2) is 54.6 Å². The molecule has 0 spiro atoms. The number of pyridine rings is 1. The molecule has 5 heterocycles. The van der Waals surface area contributed by atoms with Crippen molar-refractivity contribution in [3.8, 4) is 28.5 Å². The molecule has 13 heteroatoms. The van der Waals surface area contributed by atoms with E-state index in [2.05, 4.69) is 16.7 Å². The molecule has 2 atom stereocenters. The third-order valence-corrected chi connectivity index (χ3v) is 11.7. The van der Waals surface area contributed by atoms with Gasteiger partial charge in [-0.05, 0) is 74.1 Å². The summed E-state index contributed by atoms with van der Waals surface area (Å²) >= 11 is 0. The van der Waals surface area contributed by atoms with Gasteiger partial charge in [0.1, 0.15) is 23.1 Å². The molecule has 11 nitrogen and oxygen atoms in total. The second kappa shape index (κ2) is 11.6. The zero-order chi connectivity index (χ0) is 33.3. The Kier molecular flexibility index (Phi) is 7.44. The van der Waals surface area contributed by atoms with Crippen LogP contribution < -0.4 is 14.8 Å². The van der Waals surface area contributed by atoms with E-state index in [0.29, 0.717) is 53.8 Å². The van der Waals surface area contributed by atoms with Gasteiger partial charge in [0.15, 0.2) is 5.82 Å². The molecule has 3 aliphatic rings. The number of rotatable bonds is 7. The van der Waals surface area contributed by atoms with Gasteiger partial charge in [-0.25, -0.2) is 22.8 Å². The van der Waals surface area contributed by atoms with Crippen molar-refractivity contribution in [2.75, 3.05) is 36.8 Å². The number of amides is 1. The molecule has 8 rings (SSSR count). The Morgan fingerprint density at radius 1 is 1.06 bits per heavy atom. The average molecular weight is 672 g/mol. The van der Waals surface area contributed by atoms with Crippen LogP contribution in [0.5, 0.6) is 5.75 Å². The molecule has 0 radical (unpaired) electrons. The molecule has 2 N–H and O–H groups in total. The second-order valence-electron chi connectivity index (χ2n) is 13.3. The van der Waals surface area contributed by atoms with E-state index < -0.39 is 22.2 Å². The molecule has 0 unspecified atom stereocenters. The fourth-order valence-corrected chi connectivity index (χ4v) is 8.75. The first-order valence-electron chi connectivity index (χ1n) is 16.4. The van der Waals surface area contributed by atoms with Gasteiger partial charge in [-0.1, -0.05) is 12.1 Å². The summed E-state index contributed by atoms with van der Waals surface area (Å²) < 4.78 is 50.6. The van der Waals surface area contributed by atoms with E-state index in [1.165, 1.54) is 9.21 Å². The lowest BCUT2D eigenvalue weighted by atomic mass is 10.0. The highest BCUT2D eigenvalue weighted by Gasteiger charge is 2.31. The summed E-state index contributed by atoms with van der Waals surface area (Å²) in [5.74, 6) is 1.66. The Balaban J connectivity index is 1.18. The molecule has 3 fully saturated rings. The summed E-state index contributed by atoms with van der Waals surface area (Å²) in [7, 11) is 0.249. The molecule has 3 aromatic heterocycles. The lowest BCUT2D eigenvalue weighted by Gasteiger charge is -2.33. The number of carbonyl (C=O) groups excluding carboxylic acids is 1. The minimum Gasteiger partial charge on any atom is -0.494 e. The number of alkyl halides is 1. The van der Waals surface area contributed by atoms with Crippen LogP contribution in [0, 0.1) is 5.92 Å². The maximum atomic E-state index is 14.3. The molecule has 250 valence electrons. The van der Waals surface area contributed by atoms with Gasteiger partial charge in [-0.3, -0.25) is 9.10 Å². The molecular formula is C35H38FN7O4S. The number of nitrogens with two attached hydrogens (primary N) is 1. The number of likely N-dealkylation sites (tertiary alicyclic amines) is 1. The van der Waals surface area contributed by atoms with Crippen LogP contribution in [0.2, 0.25) is 0 Å². The normalized spacial score (nSPS) is 21.0. The summed E-state index contributed by atoms with van der Waals surface area (Å²) in [6, 6.07) is 16.7. The average Bonchev–Trinajstić information content (AvgIpc) is 3.60. The zero-order valence-corrected chi connectivity index (χ0v) is 27.8. The highest BCUT2D eigenvalue weighted by atomic mass is 32.2. The molecule has 2 aromatic carbocycles. The minimum absolute atomic E-state index is 0.0150. The number of aryl methyl sites for hydroxylation is 1. The minimum atomic E-state index is -3.25. The van der Waals surface area contributed by atoms with Gasteiger partial charge in [0, 0.05) is 49.2 Å². The van der Waals surface area contributed by atoms with E-state index in [4.69, 9.17) is 20.4 Å². The number of methoxy groups -OCH3 is 1. The van der Waals surface area contributed by atoms with Crippen LogP contribution in [0.4, 0.5) is 10.1 Å². The summed E-state index contributed by atoms with van der Waals surface area (Å²) in [4.78, 5) is 25.1. The number of sulfonamides is 1. The van der Waals surface area contributed by atoms with Crippen LogP contribution >= 0.6 is 0 Å². The Morgan fingerprint density at radius 3 is 2.54 bits per heavy atom. The molecular weight excluding hydrogens is 633 g/mol. The maximum absolute atomic E-state index is 14.3. The first-order chi connectivity index (χ1) is 23.1. The summed E-state index contributed by atoms with van der Waals surface area (Å²) in [5, 5.41) is 0.978. The van der Waals surface area contributed by atoms with Crippen LogP contribution in [-0.2, 0) is 23.6 Å². The Bertz CT molecular complexity index is 2160. The SMILES string of the molecule is COc1cc(C(=O)N2C[C@H](N)C[C@@H](F)C2)cc2nc(-c3cc4ccc(-c5ccc(N6CCCS6(=O)=O)cc5)nc4n3CC3CC3)n(C)c12. The molecule has 1 saturated carbocycles. The number of ether oxygens (including phenoxy) is 1. The standard InChI is InChI=1S/C35H38FN7O4S/c1-40-32-29(14-24(16-31(32)47-2)35(44)41-19-25(36)17-26(37)20-41)39-34(40)30-15-23-8-11-28(38-33(23)42(30)18-21-4-5-21)22-6-9-27(10-7-22)43-12-3-13-48(43,45)46/h6-11,14-16,21,25-26H,3-5,12-13,17-20,37H2,1-2H3/t25-,26-/m1/s1. The van der Waals surface area contributed by atoms with E-state index in [1.807, 2.05) is 41.9 Å². The number of fused-ring (bicyclic) bond motifs is 2. The first kappa shape index (κ1) is 30.8. The second-order valence-corrected chi connectivity index (χ2v) is 15.3. The van der Waals surface area contributed by atoms with Crippen LogP contribution in [0.3, 0.4) is 0 Å². The van der Waals surface area contributed by atoms with E-state index in [9.17, 15) is 17.6 Å². The topological polar surface area (TPSA) is 129 Å². The molecule has 1 amide bonds. The largest absolute Gasteiger partial charge is 0.494 e. The predicted molar refractivity (Wildman–Crippen MR) is 183 cm³/mol. The number of benzene rings is 2. The number of hydrogen-bond donors (Lipinski definition) is 1. The monoisotopic (exact) mass is 671 g/mol. The molecule has 1 aliphatic carbocycles. The zero-order valence-electron chi connectivity index (χ0n) is 27.0. The summed E-state index contributed by atoms with van der Waals surface area (Å²) in [5.41, 5.74) is 11.9. The molecule has 48 heavy (non-hydrogen) atoms. The van der Waals surface area contributed by atoms with E-state index >= 15 is 0 Å². The number of nitrogens with zero attached hydrogens (tertiary/aromatic N) is 6.